The Balaban J connectivity index is 2.13. The third-order valence-corrected chi connectivity index (χ3v) is 3.99. The van der Waals surface area contributed by atoms with Gasteiger partial charge in [-0.25, -0.2) is 4.79 Å². The van der Waals surface area contributed by atoms with Crippen molar-refractivity contribution in [2.75, 3.05) is 0 Å². The van der Waals surface area contributed by atoms with Crippen molar-refractivity contribution in [1.29, 1.82) is 0 Å². The van der Waals surface area contributed by atoms with Gasteiger partial charge in [-0.1, -0.05) is 42.5 Å². The van der Waals surface area contributed by atoms with Crippen molar-refractivity contribution in [3.63, 3.8) is 0 Å². The molecule has 0 radical (unpaired) electrons. The van der Waals surface area contributed by atoms with Crippen LogP contribution in [-0.4, -0.2) is 16.1 Å². The Bertz CT molecular complexity index is 776. The molecule has 2 aromatic carbocycles. The molecule has 1 heterocycles. The van der Waals surface area contributed by atoms with Crippen LogP contribution in [0.4, 0.5) is 0 Å². The van der Waals surface area contributed by atoms with Gasteiger partial charge in [0.2, 0.25) is 0 Å². The molecule has 0 fully saturated rings. The highest BCUT2D eigenvalue weighted by Crippen LogP contribution is 2.30. The molecule has 0 atom stereocenters. The van der Waals surface area contributed by atoms with E-state index in [-0.39, 0.29) is 5.69 Å². The van der Waals surface area contributed by atoms with Crippen LogP contribution in [-0.2, 0) is 0 Å². The lowest BCUT2D eigenvalue weighted by molar-refractivity contribution is 0.0692. The number of carboxylic acid groups (broad SMARTS) is 1. The van der Waals surface area contributed by atoms with Gasteiger partial charge in [-0.15, -0.1) is 0 Å². The zero-order valence-corrected chi connectivity index (χ0v) is 13.2. The molecule has 0 aliphatic rings. The second-order valence-electron chi connectivity index (χ2n) is 4.65. The molecule has 1 aromatic heterocycles. The summed E-state index contributed by atoms with van der Waals surface area (Å²) in [5.41, 5.74) is 3.59. The molecule has 0 aliphatic carbocycles. The van der Waals surface area contributed by atoms with Crippen LogP contribution in [0, 0.1) is 3.57 Å². The van der Waals surface area contributed by atoms with E-state index in [1.54, 1.807) is 0 Å². The lowest BCUT2D eigenvalue weighted by Crippen LogP contribution is -1.98. The lowest BCUT2D eigenvalue weighted by Gasteiger charge is -1.99. The first-order valence-electron chi connectivity index (χ1n) is 6.43. The van der Waals surface area contributed by atoms with Gasteiger partial charge in [-0.2, -0.15) is 0 Å². The highest BCUT2D eigenvalue weighted by molar-refractivity contribution is 14.1. The van der Waals surface area contributed by atoms with E-state index in [4.69, 9.17) is 0 Å². The maximum Gasteiger partial charge on any atom is 0.352 e. The van der Waals surface area contributed by atoms with E-state index in [2.05, 4.69) is 27.6 Å². The van der Waals surface area contributed by atoms with Crippen LogP contribution in [0.25, 0.3) is 22.4 Å². The van der Waals surface area contributed by atoms with Crippen LogP contribution in [0.1, 0.15) is 10.5 Å². The number of carbonyl (C=O) groups is 1. The minimum absolute atomic E-state index is 0.217. The van der Waals surface area contributed by atoms with Gasteiger partial charge in [-0.3, -0.25) is 0 Å². The molecule has 104 valence electrons. The molecule has 0 aliphatic heterocycles. The number of carboxylic acids is 1. The second kappa shape index (κ2) is 5.73. The molecule has 0 saturated carbocycles. The topological polar surface area (TPSA) is 53.1 Å². The fourth-order valence-corrected chi connectivity index (χ4v) is 2.61. The normalized spacial score (nSPS) is 10.5. The van der Waals surface area contributed by atoms with Crippen LogP contribution >= 0.6 is 22.6 Å². The van der Waals surface area contributed by atoms with Gasteiger partial charge in [-0.05, 0) is 51.9 Å². The van der Waals surface area contributed by atoms with E-state index >= 15 is 0 Å². The smallest absolute Gasteiger partial charge is 0.352 e. The third kappa shape index (κ3) is 2.85. The van der Waals surface area contributed by atoms with Gasteiger partial charge in [0.25, 0.3) is 0 Å². The summed E-state index contributed by atoms with van der Waals surface area (Å²) in [6, 6.07) is 19.4. The first kappa shape index (κ1) is 13.9. The highest BCUT2D eigenvalue weighted by Gasteiger charge is 2.16. The molecule has 4 heteroatoms. The monoisotopic (exact) mass is 389 g/mol. The average Bonchev–Trinajstić information content (AvgIpc) is 2.94. The quantitative estimate of drug-likeness (QED) is 0.641. The van der Waals surface area contributed by atoms with Crippen molar-refractivity contribution >= 4 is 28.6 Å². The van der Waals surface area contributed by atoms with Gasteiger partial charge in [0.15, 0.2) is 0 Å². The molecule has 0 spiro atoms. The van der Waals surface area contributed by atoms with Crippen molar-refractivity contribution in [3.05, 3.63) is 69.9 Å². The van der Waals surface area contributed by atoms with E-state index < -0.39 is 5.97 Å². The molecule has 0 unspecified atom stereocenters. The fourth-order valence-electron chi connectivity index (χ4n) is 2.25. The molecule has 3 aromatic rings. The standard InChI is InChI=1S/C17H12INO2/c18-13-8-6-12(7-9-13)15-10-14(16(19-15)17(20)21)11-4-2-1-3-5-11/h1-10,19H,(H,20,21). The fraction of sp³-hybridized carbons (Fsp3) is 0. The van der Waals surface area contributed by atoms with Crippen molar-refractivity contribution < 1.29 is 9.90 Å². The molecular weight excluding hydrogens is 377 g/mol. The summed E-state index contributed by atoms with van der Waals surface area (Å²) in [5.74, 6) is -0.953. The van der Waals surface area contributed by atoms with E-state index in [9.17, 15) is 9.90 Å². The van der Waals surface area contributed by atoms with Gasteiger partial charge >= 0.3 is 5.97 Å². The number of halogens is 1. The number of benzene rings is 2. The van der Waals surface area contributed by atoms with Gasteiger partial charge in [0, 0.05) is 14.8 Å². The number of H-pyrrole nitrogens is 1. The third-order valence-electron chi connectivity index (χ3n) is 3.27. The second-order valence-corrected chi connectivity index (χ2v) is 5.90. The maximum atomic E-state index is 11.5. The predicted octanol–water partition coefficient (Wildman–Crippen LogP) is 4.65. The number of aromatic nitrogens is 1. The Kier molecular flexibility index (Phi) is 3.79. The summed E-state index contributed by atoms with van der Waals surface area (Å²) in [5, 5.41) is 9.40. The average molecular weight is 389 g/mol. The predicted molar refractivity (Wildman–Crippen MR) is 91.3 cm³/mol. The minimum atomic E-state index is -0.953. The Morgan fingerprint density at radius 1 is 0.952 bits per heavy atom. The molecule has 3 nitrogen and oxygen atoms in total. The number of aromatic amines is 1. The number of rotatable bonds is 3. The Labute approximate surface area is 135 Å². The molecule has 21 heavy (non-hydrogen) atoms. The Morgan fingerprint density at radius 2 is 1.62 bits per heavy atom. The van der Waals surface area contributed by atoms with Gasteiger partial charge in [0.1, 0.15) is 5.69 Å². The van der Waals surface area contributed by atoms with Crippen LogP contribution in [0.2, 0.25) is 0 Å². The first-order valence-corrected chi connectivity index (χ1v) is 7.50. The molecule has 0 saturated heterocycles. The molecule has 3 rings (SSSR count). The van der Waals surface area contributed by atoms with Crippen molar-refractivity contribution in [3.8, 4) is 22.4 Å². The van der Waals surface area contributed by atoms with Crippen LogP contribution in [0.5, 0.6) is 0 Å². The van der Waals surface area contributed by atoms with E-state index in [1.807, 2.05) is 60.7 Å². The van der Waals surface area contributed by atoms with Crippen molar-refractivity contribution in [2.45, 2.75) is 0 Å². The SMILES string of the molecule is O=C(O)c1[nH]c(-c2ccc(I)cc2)cc1-c1ccccc1. The maximum absolute atomic E-state index is 11.5. The number of nitrogens with one attached hydrogen (secondary N) is 1. The molecule has 0 bridgehead atoms. The molecular formula is C17H12INO2. The highest BCUT2D eigenvalue weighted by atomic mass is 127. The lowest BCUT2D eigenvalue weighted by atomic mass is 10.0. The van der Waals surface area contributed by atoms with Gasteiger partial charge in [0.05, 0.1) is 0 Å². The van der Waals surface area contributed by atoms with Crippen LogP contribution < -0.4 is 0 Å². The van der Waals surface area contributed by atoms with Crippen LogP contribution in [0.15, 0.2) is 60.7 Å². The van der Waals surface area contributed by atoms with Gasteiger partial charge < -0.3 is 10.1 Å². The zero-order chi connectivity index (χ0) is 14.8. The number of hydrogen-bond acceptors (Lipinski definition) is 1. The van der Waals surface area contributed by atoms with Crippen LogP contribution in [0.3, 0.4) is 0 Å². The Hall–Kier alpha value is -2.08. The van der Waals surface area contributed by atoms with E-state index in [0.29, 0.717) is 5.56 Å². The minimum Gasteiger partial charge on any atom is -0.477 e. The summed E-state index contributed by atoms with van der Waals surface area (Å²) in [4.78, 5) is 14.5. The summed E-state index contributed by atoms with van der Waals surface area (Å²) in [7, 11) is 0. The first-order chi connectivity index (χ1) is 10.1. The summed E-state index contributed by atoms with van der Waals surface area (Å²) in [6.45, 7) is 0. The number of hydrogen-bond donors (Lipinski definition) is 2. The largest absolute Gasteiger partial charge is 0.477 e. The number of aromatic carboxylic acids is 1. The van der Waals surface area contributed by atoms with Crippen molar-refractivity contribution in [2.24, 2.45) is 0 Å². The summed E-state index contributed by atoms with van der Waals surface area (Å²) in [6.07, 6.45) is 0. The molecule has 2 N–H and O–H groups in total. The van der Waals surface area contributed by atoms with E-state index in [1.165, 1.54) is 0 Å². The van der Waals surface area contributed by atoms with Crippen molar-refractivity contribution in [1.82, 2.24) is 4.98 Å². The molecule has 0 amide bonds. The zero-order valence-electron chi connectivity index (χ0n) is 11.0. The Morgan fingerprint density at radius 3 is 2.24 bits per heavy atom. The summed E-state index contributed by atoms with van der Waals surface area (Å²) < 4.78 is 1.14. The summed E-state index contributed by atoms with van der Waals surface area (Å²) >= 11 is 2.24. The van der Waals surface area contributed by atoms with E-state index in [0.717, 1.165) is 20.4 Å².